The summed E-state index contributed by atoms with van der Waals surface area (Å²) < 4.78 is 5.24. The van der Waals surface area contributed by atoms with Gasteiger partial charge in [-0.05, 0) is 36.6 Å². The van der Waals surface area contributed by atoms with Crippen LogP contribution in [0.3, 0.4) is 0 Å². The van der Waals surface area contributed by atoms with Crippen LogP contribution in [0.4, 0.5) is 5.69 Å². The molecule has 25 heavy (non-hydrogen) atoms. The SMILES string of the molecule is Cc1onc(-c2ccccc2Cl)c1C(=O)Nc1ccc(C(C)C)cc1. The van der Waals surface area contributed by atoms with Gasteiger partial charge in [-0.15, -0.1) is 0 Å². The van der Waals surface area contributed by atoms with E-state index in [1.807, 2.05) is 42.5 Å². The molecule has 0 radical (unpaired) electrons. The Kier molecular flexibility index (Phi) is 4.91. The molecule has 3 rings (SSSR count). The number of anilines is 1. The molecule has 1 N–H and O–H groups in total. The summed E-state index contributed by atoms with van der Waals surface area (Å²) >= 11 is 6.24. The van der Waals surface area contributed by atoms with Crippen LogP contribution in [0.1, 0.15) is 41.4 Å². The third-order valence-corrected chi connectivity index (χ3v) is 4.38. The Balaban J connectivity index is 1.90. The number of nitrogens with zero attached hydrogens (tertiary/aromatic N) is 1. The molecule has 0 saturated carbocycles. The van der Waals surface area contributed by atoms with Gasteiger partial charge in [-0.3, -0.25) is 4.79 Å². The number of carbonyl (C=O) groups excluding carboxylic acids is 1. The molecule has 0 fully saturated rings. The van der Waals surface area contributed by atoms with Gasteiger partial charge in [0.2, 0.25) is 0 Å². The quantitative estimate of drug-likeness (QED) is 0.655. The number of aromatic nitrogens is 1. The van der Waals surface area contributed by atoms with E-state index < -0.39 is 0 Å². The van der Waals surface area contributed by atoms with Crippen molar-refractivity contribution in [3.8, 4) is 11.3 Å². The van der Waals surface area contributed by atoms with Crippen LogP contribution in [0.15, 0.2) is 53.1 Å². The number of hydrogen-bond donors (Lipinski definition) is 1. The zero-order chi connectivity index (χ0) is 18.0. The number of nitrogens with one attached hydrogen (secondary N) is 1. The van der Waals surface area contributed by atoms with Crippen molar-refractivity contribution < 1.29 is 9.32 Å². The lowest BCUT2D eigenvalue weighted by atomic mass is 10.0. The minimum atomic E-state index is -0.272. The van der Waals surface area contributed by atoms with Crippen molar-refractivity contribution in [1.29, 1.82) is 0 Å². The molecule has 0 atom stereocenters. The van der Waals surface area contributed by atoms with Gasteiger partial charge in [-0.25, -0.2) is 0 Å². The van der Waals surface area contributed by atoms with Crippen molar-refractivity contribution in [2.45, 2.75) is 26.7 Å². The van der Waals surface area contributed by atoms with Crippen LogP contribution in [0.5, 0.6) is 0 Å². The first-order valence-electron chi connectivity index (χ1n) is 8.10. The summed E-state index contributed by atoms with van der Waals surface area (Å²) in [5.41, 5.74) is 3.44. The van der Waals surface area contributed by atoms with Crippen LogP contribution in [0.2, 0.25) is 5.02 Å². The summed E-state index contributed by atoms with van der Waals surface area (Å²) in [5.74, 6) is 0.620. The largest absolute Gasteiger partial charge is 0.360 e. The molecule has 0 aliphatic rings. The van der Waals surface area contributed by atoms with Crippen LogP contribution >= 0.6 is 11.6 Å². The van der Waals surface area contributed by atoms with Crippen LogP contribution in [0, 0.1) is 6.92 Å². The van der Waals surface area contributed by atoms with Crippen LogP contribution in [-0.2, 0) is 0 Å². The summed E-state index contributed by atoms with van der Waals surface area (Å²) in [5, 5.41) is 7.45. The van der Waals surface area contributed by atoms with Gasteiger partial charge in [-0.2, -0.15) is 0 Å². The lowest BCUT2D eigenvalue weighted by Gasteiger charge is -2.09. The normalized spacial score (nSPS) is 10.9. The molecule has 0 saturated heterocycles. The van der Waals surface area contributed by atoms with Crippen LogP contribution < -0.4 is 5.32 Å². The van der Waals surface area contributed by atoms with Crippen LogP contribution in [-0.4, -0.2) is 11.1 Å². The maximum atomic E-state index is 12.8. The second kappa shape index (κ2) is 7.11. The Morgan fingerprint density at radius 2 is 1.80 bits per heavy atom. The van der Waals surface area contributed by atoms with E-state index in [1.165, 1.54) is 5.56 Å². The fourth-order valence-electron chi connectivity index (χ4n) is 2.62. The number of aryl methyl sites for hydroxylation is 1. The second-order valence-electron chi connectivity index (χ2n) is 6.17. The summed E-state index contributed by atoms with van der Waals surface area (Å²) in [7, 11) is 0. The van der Waals surface area contributed by atoms with Crippen molar-refractivity contribution in [2.24, 2.45) is 0 Å². The number of halogens is 1. The monoisotopic (exact) mass is 354 g/mol. The van der Waals surface area contributed by atoms with E-state index in [2.05, 4.69) is 24.3 Å². The molecule has 0 spiro atoms. The Morgan fingerprint density at radius 1 is 1.12 bits per heavy atom. The fraction of sp³-hybridized carbons (Fsp3) is 0.200. The Bertz CT molecular complexity index is 898. The summed E-state index contributed by atoms with van der Waals surface area (Å²) in [6.07, 6.45) is 0. The molecule has 1 aromatic heterocycles. The summed E-state index contributed by atoms with van der Waals surface area (Å²) in [6.45, 7) is 5.97. The lowest BCUT2D eigenvalue weighted by Crippen LogP contribution is -2.13. The topological polar surface area (TPSA) is 55.1 Å². The van der Waals surface area contributed by atoms with Gasteiger partial charge in [-0.1, -0.05) is 60.9 Å². The first kappa shape index (κ1) is 17.2. The first-order chi connectivity index (χ1) is 12.0. The van der Waals surface area contributed by atoms with Gasteiger partial charge in [0.05, 0.1) is 5.02 Å². The zero-order valence-electron chi connectivity index (χ0n) is 14.3. The molecule has 0 bridgehead atoms. The highest BCUT2D eigenvalue weighted by Gasteiger charge is 2.23. The number of benzene rings is 2. The fourth-order valence-corrected chi connectivity index (χ4v) is 2.85. The molecule has 0 aliphatic heterocycles. The van der Waals surface area contributed by atoms with Gasteiger partial charge in [0.1, 0.15) is 17.0 Å². The first-order valence-corrected chi connectivity index (χ1v) is 8.47. The third kappa shape index (κ3) is 3.59. The van der Waals surface area contributed by atoms with Crippen molar-refractivity contribution in [3.63, 3.8) is 0 Å². The van der Waals surface area contributed by atoms with Gasteiger partial charge in [0.25, 0.3) is 5.91 Å². The lowest BCUT2D eigenvalue weighted by molar-refractivity contribution is 0.102. The molecule has 1 heterocycles. The zero-order valence-corrected chi connectivity index (χ0v) is 15.1. The molecule has 0 aliphatic carbocycles. The Hall–Kier alpha value is -2.59. The smallest absolute Gasteiger partial charge is 0.261 e. The standard InChI is InChI=1S/C20H19ClN2O2/c1-12(2)14-8-10-15(11-9-14)22-20(24)18-13(3)25-23-19(18)16-6-4-5-7-17(16)21/h4-12H,1-3H3,(H,22,24). The highest BCUT2D eigenvalue weighted by Crippen LogP contribution is 2.31. The average molecular weight is 355 g/mol. The average Bonchev–Trinajstić information content (AvgIpc) is 2.97. The molecule has 0 unspecified atom stereocenters. The highest BCUT2D eigenvalue weighted by atomic mass is 35.5. The molecule has 4 nitrogen and oxygen atoms in total. The van der Waals surface area contributed by atoms with Crippen molar-refractivity contribution in [3.05, 3.63) is 70.4 Å². The molecular formula is C20H19ClN2O2. The van der Waals surface area contributed by atoms with E-state index in [4.69, 9.17) is 16.1 Å². The van der Waals surface area contributed by atoms with Crippen molar-refractivity contribution >= 4 is 23.2 Å². The molecule has 3 aromatic rings. The maximum Gasteiger partial charge on any atom is 0.261 e. The molecular weight excluding hydrogens is 336 g/mol. The van der Waals surface area contributed by atoms with E-state index in [0.717, 1.165) is 5.69 Å². The number of carbonyl (C=O) groups is 1. The van der Waals surface area contributed by atoms with Gasteiger partial charge < -0.3 is 9.84 Å². The Labute approximate surface area is 151 Å². The molecule has 5 heteroatoms. The van der Waals surface area contributed by atoms with E-state index >= 15 is 0 Å². The Morgan fingerprint density at radius 3 is 2.44 bits per heavy atom. The van der Waals surface area contributed by atoms with Crippen molar-refractivity contribution in [2.75, 3.05) is 5.32 Å². The molecule has 2 aromatic carbocycles. The van der Waals surface area contributed by atoms with E-state index in [9.17, 15) is 4.79 Å². The minimum absolute atomic E-state index is 0.272. The number of hydrogen-bond acceptors (Lipinski definition) is 3. The van der Waals surface area contributed by atoms with Gasteiger partial charge >= 0.3 is 0 Å². The predicted molar refractivity (Wildman–Crippen MR) is 100 cm³/mol. The molecule has 1 amide bonds. The minimum Gasteiger partial charge on any atom is -0.360 e. The van der Waals surface area contributed by atoms with Gasteiger partial charge in [0.15, 0.2) is 0 Å². The van der Waals surface area contributed by atoms with E-state index in [1.54, 1.807) is 13.0 Å². The summed E-state index contributed by atoms with van der Waals surface area (Å²) in [6, 6.07) is 15.1. The van der Waals surface area contributed by atoms with Gasteiger partial charge in [0, 0.05) is 11.3 Å². The van der Waals surface area contributed by atoms with Crippen LogP contribution in [0.25, 0.3) is 11.3 Å². The number of rotatable bonds is 4. The number of amides is 1. The summed E-state index contributed by atoms with van der Waals surface area (Å²) in [4.78, 5) is 12.8. The predicted octanol–water partition coefficient (Wildman–Crippen LogP) is 5.68. The van der Waals surface area contributed by atoms with Crippen molar-refractivity contribution in [1.82, 2.24) is 5.16 Å². The van der Waals surface area contributed by atoms with E-state index in [-0.39, 0.29) is 5.91 Å². The highest BCUT2D eigenvalue weighted by molar-refractivity contribution is 6.33. The maximum absolute atomic E-state index is 12.8. The second-order valence-corrected chi connectivity index (χ2v) is 6.58. The van der Waals surface area contributed by atoms with E-state index in [0.29, 0.717) is 33.5 Å². The molecule has 128 valence electrons. The third-order valence-electron chi connectivity index (χ3n) is 4.05.